The number of H-pyrrole nitrogens is 1. The van der Waals surface area contributed by atoms with Crippen LogP contribution in [0.2, 0.25) is 0 Å². The second-order valence-corrected chi connectivity index (χ2v) is 7.71. The summed E-state index contributed by atoms with van der Waals surface area (Å²) in [6.45, 7) is 2.61. The number of fused-ring (bicyclic) bond motifs is 1. The molecule has 0 bridgehead atoms. The first kappa shape index (κ1) is 18.5. The van der Waals surface area contributed by atoms with Gasteiger partial charge in [0.15, 0.2) is 5.65 Å². The van der Waals surface area contributed by atoms with Crippen molar-refractivity contribution in [3.63, 3.8) is 0 Å². The van der Waals surface area contributed by atoms with Gasteiger partial charge in [-0.25, -0.2) is 9.97 Å². The zero-order valence-electron chi connectivity index (χ0n) is 17.0. The molecule has 1 fully saturated rings. The van der Waals surface area contributed by atoms with Gasteiger partial charge in [-0.3, -0.25) is 14.6 Å². The smallest absolute Gasteiger partial charge is 0.255 e. The van der Waals surface area contributed by atoms with Crippen molar-refractivity contribution in [1.29, 1.82) is 0 Å². The molecule has 1 atom stereocenters. The normalized spacial score (nSPS) is 16.9. The van der Waals surface area contributed by atoms with Gasteiger partial charge in [0.25, 0.3) is 5.91 Å². The molecule has 152 valence electrons. The third kappa shape index (κ3) is 3.04. The van der Waals surface area contributed by atoms with E-state index in [0.29, 0.717) is 17.8 Å². The van der Waals surface area contributed by atoms with Crippen LogP contribution in [0.15, 0.2) is 42.7 Å². The number of aromatic nitrogens is 6. The van der Waals surface area contributed by atoms with Gasteiger partial charge in [-0.15, -0.1) is 0 Å². The quantitative estimate of drug-likeness (QED) is 0.568. The lowest BCUT2D eigenvalue weighted by molar-refractivity contribution is 0.0602. The number of likely N-dealkylation sites (tertiary alicyclic amines) is 1. The van der Waals surface area contributed by atoms with Crippen LogP contribution in [-0.4, -0.2) is 47.3 Å². The molecule has 1 unspecified atom stereocenters. The minimum Gasteiger partial charge on any atom is -0.328 e. The molecular formula is C22H23N7O. The van der Waals surface area contributed by atoms with Gasteiger partial charge >= 0.3 is 0 Å². The van der Waals surface area contributed by atoms with Gasteiger partial charge in [0.1, 0.15) is 12.2 Å². The van der Waals surface area contributed by atoms with Gasteiger partial charge in [0.05, 0.1) is 28.4 Å². The SMILES string of the molecule is Cc1nn(C)c2nc(-c3ccccc3)cc(C(=O)N3CCCCC3c3ncn[nH]3)c12. The first-order chi connectivity index (χ1) is 14.6. The summed E-state index contributed by atoms with van der Waals surface area (Å²) in [5, 5.41) is 12.3. The lowest BCUT2D eigenvalue weighted by atomic mass is 9.98. The highest BCUT2D eigenvalue weighted by molar-refractivity contribution is 6.07. The van der Waals surface area contributed by atoms with Crippen molar-refractivity contribution in [3.8, 4) is 11.3 Å². The van der Waals surface area contributed by atoms with Crippen LogP contribution in [-0.2, 0) is 7.05 Å². The van der Waals surface area contributed by atoms with Gasteiger partial charge in [-0.2, -0.15) is 10.2 Å². The van der Waals surface area contributed by atoms with Crippen molar-refractivity contribution in [3.05, 3.63) is 59.8 Å². The zero-order chi connectivity index (χ0) is 20.7. The first-order valence-corrected chi connectivity index (χ1v) is 10.2. The van der Waals surface area contributed by atoms with Crippen LogP contribution in [0, 0.1) is 6.92 Å². The highest BCUT2D eigenvalue weighted by Crippen LogP contribution is 2.33. The maximum absolute atomic E-state index is 13.9. The summed E-state index contributed by atoms with van der Waals surface area (Å²) in [4.78, 5) is 24.9. The second-order valence-electron chi connectivity index (χ2n) is 7.71. The molecule has 4 heterocycles. The number of nitrogens with one attached hydrogen (secondary N) is 1. The Morgan fingerprint density at radius 1 is 1.20 bits per heavy atom. The maximum atomic E-state index is 13.9. The molecule has 3 aromatic heterocycles. The number of pyridine rings is 1. The highest BCUT2D eigenvalue weighted by Gasteiger charge is 2.32. The van der Waals surface area contributed by atoms with Crippen molar-refractivity contribution in [2.24, 2.45) is 7.05 Å². The summed E-state index contributed by atoms with van der Waals surface area (Å²) in [5.74, 6) is 0.719. The van der Waals surface area contributed by atoms with Crippen LogP contribution < -0.4 is 0 Å². The molecule has 0 spiro atoms. The minimum atomic E-state index is -0.103. The molecule has 1 amide bonds. The first-order valence-electron chi connectivity index (χ1n) is 10.2. The predicted octanol–water partition coefficient (Wildman–Crippen LogP) is 3.43. The molecule has 30 heavy (non-hydrogen) atoms. The van der Waals surface area contributed by atoms with Crippen molar-refractivity contribution in [2.45, 2.75) is 32.2 Å². The van der Waals surface area contributed by atoms with Crippen molar-refractivity contribution in [1.82, 2.24) is 34.8 Å². The van der Waals surface area contributed by atoms with Crippen molar-refractivity contribution in [2.75, 3.05) is 6.54 Å². The fourth-order valence-electron chi connectivity index (χ4n) is 4.36. The van der Waals surface area contributed by atoms with E-state index in [1.54, 1.807) is 4.68 Å². The Labute approximate surface area is 174 Å². The topological polar surface area (TPSA) is 92.6 Å². The largest absolute Gasteiger partial charge is 0.328 e. The molecule has 0 aliphatic carbocycles. The Morgan fingerprint density at radius 2 is 2.03 bits per heavy atom. The number of aromatic amines is 1. The monoisotopic (exact) mass is 401 g/mol. The molecule has 1 saturated heterocycles. The lowest BCUT2D eigenvalue weighted by Crippen LogP contribution is -2.39. The van der Waals surface area contributed by atoms with E-state index in [1.807, 2.05) is 55.3 Å². The Kier molecular flexibility index (Phi) is 4.54. The number of hydrogen-bond donors (Lipinski definition) is 1. The zero-order valence-corrected chi connectivity index (χ0v) is 17.0. The molecule has 1 aliphatic rings. The maximum Gasteiger partial charge on any atom is 0.255 e. The average molecular weight is 401 g/mol. The second kappa shape index (κ2) is 7.37. The summed E-state index contributed by atoms with van der Waals surface area (Å²) in [6, 6.07) is 11.7. The fourth-order valence-corrected chi connectivity index (χ4v) is 4.36. The van der Waals surface area contributed by atoms with E-state index in [2.05, 4.69) is 20.3 Å². The average Bonchev–Trinajstić information content (AvgIpc) is 3.42. The Hall–Kier alpha value is -3.55. The number of carbonyl (C=O) groups is 1. The van der Waals surface area contributed by atoms with E-state index in [4.69, 9.17) is 4.98 Å². The number of rotatable bonds is 3. The van der Waals surface area contributed by atoms with Crippen molar-refractivity contribution < 1.29 is 4.79 Å². The predicted molar refractivity (Wildman–Crippen MR) is 113 cm³/mol. The number of nitrogens with zero attached hydrogens (tertiary/aromatic N) is 6. The van der Waals surface area contributed by atoms with Crippen LogP contribution in [0.1, 0.15) is 47.2 Å². The molecule has 1 N–H and O–H groups in total. The third-order valence-electron chi connectivity index (χ3n) is 5.78. The van der Waals surface area contributed by atoms with Crippen LogP contribution in [0.5, 0.6) is 0 Å². The molecule has 8 heteroatoms. The van der Waals surface area contributed by atoms with Gasteiger partial charge in [-0.1, -0.05) is 30.3 Å². The highest BCUT2D eigenvalue weighted by atomic mass is 16.2. The number of piperidine rings is 1. The number of carbonyl (C=O) groups excluding carboxylic acids is 1. The van der Waals surface area contributed by atoms with E-state index in [-0.39, 0.29) is 11.9 Å². The molecule has 1 aliphatic heterocycles. The Balaban J connectivity index is 1.66. The fraction of sp³-hybridized carbons (Fsp3) is 0.318. The van der Waals surface area contributed by atoms with Gasteiger partial charge in [0, 0.05) is 19.2 Å². The number of amides is 1. The van der Waals surface area contributed by atoms with Crippen LogP contribution in [0.3, 0.4) is 0 Å². The van der Waals surface area contributed by atoms with E-state index < -0.39 is 0 Å². The molecule has 5 rings (SSSR count). The Bertz CT molecular complexity index is 1200. The number of benzene rings is 1. The lowest BCUT2D eigenvalue weighted by Gasteiger charge is -2.34. The molecule has 0 saturated carbocycles. The van der Waals surface area contributed by atoms with Gasteiger partial charge in [-0.05, 0) is 32.3 Å². The summed E-state index contributed by atoms with van der Waals surface area (Å²) < 4.78 is 1.75. The summed E-state index contributed by atoms with van der Waals surface area (Å²) in [7, 11) is 1.86. The molecule has 1 aromatic carbocycles. The number of hydrogen-bond acceptors (Lipinski definition) is 5. The van der Waals surface area contributed by atoms with Gasteiger partial charge in [0.2, 0.25) is 0 Å². The summed E-state index contributed by atoms with van der Waals surface area (Å²) in [6.07, 6.45) is 4.40. The van der Waals surface area contributed by atoms with Gasteiger partial charge < -0.3 is 4.90 Å². The third-order valence-corrected chi connectivity index (χ3v) is 5.78. The number of aryl methyl sites for hydroxylation is 2. The summed E-state index contributed by atoms with van der Waals surface area (Å²) in [5.41, 5.74) is 3.89. The van der Waals surface area contributed by atoms with Crippen molar-refractivity contribution >= 4 is 16.9 Å². The van der Waals surface area contributed by atoms with E-state index >= 15 is 0 Å². The summed E-state index contributed by atoms with van der Waals surface area (Å²) >= 11 is 0. The molecule has 8 nitrogen and oxygen atoms in total. The molecule has 0 radical (unpaired) electrons. The van der Waals surface area contributed by atoms with E-state index in [9.17, 15) is 4.79 Å². The van der Waals surface area contributed by atoms with Crippen LogP contribution >= 0.6 is 0 Å². The molecular weight excluding hydrogens is 378 g/mol. The van der Waals surface area contributed by atoms with Crippen LogP contribution in [0.25, 0.3) is 22.3 Å². The Morgan fingerprint density at radius 3 is 2.80 bits per heavy atom. The van der Waals surface area contributed by atoms with E-state index in [0.717, 1.165) is 47.4 Å². The minimum absolute atomic E-state index is 0.0169. The van der Waals surface area contributed by atoms with Crippen LogP contribution in [0.4, 0.5) is 0 Å². The van der Waals surface area contributed by atoms with E-state index in [1.165, 1.54) is 6.33 Å². The molecule has 4 aromatic rings. The standard InChI is InChI=1S/C22H23N7O/c1-14-19-16(22(30)29-11-7-6-10-18(29)20-23-13-24-26-20)12-17(15-8-4-3-5-9-15)25-21(19)28(2)27-14/h3-5,8-9,12-13,18H,6-7,10-11H2,1-2H3,(H,23,24,26).